The van der Waals surface area contributed by atoms with Crippen LogP contribution in [-0.2, 0) is 14.3 Å². The van der Waals surface area contributed by atoms with Gasteiger partial charge in [0.25, 0.3) is 6.47 Å². The van der Waals surface area contributed by atoms with Gasteiger partial charge in [0.2, 0.25) is 0 Å². The number of hydrogen-bond donors (Lipinski definition) is 2. The maximum Gasteiger partial charge on any atom is 0.306 e. The molecular formula is C11H21NO4. The van der Waals surface area contributed by atoms with Gasteiger partial charge in [0, 0.05) is 6.42 Å². The van der Waals surface area contributed by atoms with E-state index < -0.39 is 0 Å². The van der Waals surface area contributed by atoms with Crippen molar-refractivity contribution in [2.24, 2.45) is 5.92 Å². The lowest BCUT2D eigenvalue weighted by Crippen LogP contribution is -2.25. The zero-order chi connectivity index (χ0) is 12.6. The van der Waals surface area contributed by atoms with Gasteiger partial charge in [0.05, 0.1) is 0 Å². The fourth-order valence-electron chi connectivity index (χ4n) is 1.51. The van der Waals surface area contributed by atoms with Crippen molar-refractivity contribution >= 4 is 12.4 Å². The number of ether oxygens (including phenoxy) is 1. The molecule has 94 valence electrons. The molecule has 1 aliphatic heterocycles. The average molecular weight is 231 g/mol. The van der Waals surface area contributed by atoms with Crippen LogP contribution in [0.4, 0.5) is 0 Å². The van der Waals surface area contributed by atoms with E-state index in [-0.39, 0.29) is 18.0 Å². The number of rotatable bonds is 2. The molecule has 0 amide bonds. The molecule has 0 bridgehead atoms. The number of carbonyl (C=O) groups is 2. The fourth-order valence-corrected chi connectivity index (χ4v) is 1.51. The predicted molar refractivity (Wildman–Crippen MR) is 60.1 cm³/mol. The second-order valence-corrected chi connectivity index (χ2v) is 4.75. The van der Waals surface area contributed by atoms with E-state index in [1.165, 1.54) is 0 Å². The van der Waals surface area contributed by atoms with Gasteiger partial charge in [0.1, 0.15) is 5.60 Å². The van der Waals surface area contributed by atoms with Crippen LogP contribution in [0.15, 0.2) is 0 Å². The fraction of sp³-hybridized carbons (Fsp3) is 0.818. The Balaban J connectivity index is 0.000000673. The van der Waals surface area contributed by atoms with Gasteiger partial charge in [-0.05, 0) is 46.2 Å². The largest absolute Gasteiger partial charge is 0.483 e. The molecule has 1 saturated heterocycles. The molecule has 0 aromatic carbocycles. The Kier molecular flexibility index (Phi) is 6.72. The van der Waals surface area contributed by atoms with Crippen LogP contribution in [0.5, 0.6) is 0 Å². The lowest BCUT2D eigenvalue weighted by molar-refractivity contribution is -0.155. The molecule has 0 spiro atoms. The van der Waals surface area contributed by atoms with Crippen molar-refractivity contribution in [3.05, 3.63) is 0 Å². The molecule has 1 fully saturated rings. The Labute approximate surface area is 96.2 Å². The van der Waals surface area contributed by atoms with E-state index in [0.717, 1.165) is 19.5 Å². The second kappa shape index (κ2) is 7.22. The highest BCUT2D eigenvalue weighted by atomic mass is 16.6. The number of nitrogens with one attached hydrogen (secondary N) is 1. The highest BCUT2D eigenvalue weighted by Crippen LogP contribution is 2.15. The van der Waals surface area contributed by atoms with E-state index in [0.29, 0.717) is 12.3 Å². The maximum atomic E-state index is 11.4. The van der Waals surface area contributed by atoms with Crippen LogP contribution in [0.1, 0.15) is 33.6 Å². The summed E-state index contributed by atoms with van der Waals surface area (Å²) in [6.07, 6.45) is 1.66. The van der Waals surface area contributed by atoms with Gasteiger partial charge < -0.3 is 15.2 Å². The molecule has 2 N–H and O–H groups in total. The van der Waals surface area contributed by atoms with Crippen molar-refractivity contribution in [3.63, 3.8) is 0 Å². The van der Waals surface area contributed by atoms with Gasteiger partial charge in [-0.2, -0.15) is 0 Å². The first-order chi connectivity index (χ1) is 7.39. The van der Waals surface area contributed by atoms with Crippen LogP contribution in [0.25, 0.3) is 0 Å². The smallest absolute Gasteiger partial charge is 0.306 e. The summed E-state index contributed by atoms with van der Waals surface area (Å²) in [6, 6.07) is 0. The Morgan fingerprint density at radius 1 is 1.56 bits per heavy atom. The van der Waals surface area contributed by atoms with Crippen LogP contribution in [0.3, 0.4) is 0 Å². The highest BCUT2D eigenvalue weighted by Gasteiger charge is 2.22. The van der Waals surface area contributed by atoms with Crippen LogP contribution >= 0.6 is 0 Å². The first-order valence-corrected chi connectivity index (χ1v) is 5.39. The third kappa shape index (κ3) is 8.23. The van der Waals surface area contributed by atoms with E-state index in [9.17, 15) is 4.79 Å². The molecule has 5 nitrogen and oxygen atoms in total. The third-order valence-electron chi connectivity index (χ3n) is 2.04. The van der Waals surface area contributed by atoms with Crippen molar-refractivity contribution in [3.8, 4) is 0 Å². The van der Waals surface area contributed by atoms with E-state index in [4.69, 9.17) is 14.6 Å². The third-order valence-corrected chi connectivity index (χ3v) is 2.04. The number of carbonyl (C=O) groups excluding carboxylic acids is 1. The van der Waals surface area contributed by atoms with Crippen molar-refractivity contribution in [1.82, 2.24) is 5.32 Å². The Bertz CT molecular complexity index is 217. The Morgan fingerprint density at radius 3 is 2.50 bits per heavy atom. The molecular weight excluding hydrogens is 210 g/mol. The van der Waals surface area contributed by atoms with Crippen LogP contribution < -0.4 is 5.32 Å². The molecule has 1 aliphatic rings. The summed E-state index contributed by atoms with van der Waals surface area (Å²) in [4.78, 5) is 19.7. The van der Waals surface area contributed by atoms with Gasteiger partial charge in [-0.15, -0.1) is 0 Å². The average Bonchev–Trinajstić information content (AvgIpc) is 2.54. The summed E-state index contributed by atoms with van der Waals surface area (Å²) < 4.78 is 5.23. The Morgan fingerprint density at radius 2 is 2.12 bits per heavy atom. The summed E-state index contributed by atoms with van der Waals surface area (Å²) in [5.41, 5.74) is -0.344. The van der Waals surface area contributed by atoms with Crippen molar-refractivity contribution in [2.75, 3.05) is 13.1 Å². The summed E-state index contributed by atoms with van der Waals surface area (Å²) in [6.45, 7) is 7.44. The molecule has 0 radical (unpaired) electrons. The normalized spacial score (nSPS) is 19.6. The predicted octanol–water partition coefficient (Wildman–Crippen LogP) is 1.03. The first kappa shape index (κ1) is 14.9. The zero-order valence-corrected chi connectivity index (χ0v) is 10.2. The summed E-state index contributed by atoms with van der Waals surface area (Å²) in [7, 11) is 0. The minimum atomic E-state index is -0.344. The standard InChI is InChI=1S/C10H19NO2.CH2O2/c1-10(2,3)13-9(12)6-8-4-5-11-7-8;2-1-3/h8,11H,4-7H2,1-3H3;1H,(H,2,3)/t8-;/m0./s1. The van der Waals surface area contributed by atoms with Crippen molar-refractivity contribution in [2.45, 2.75) is 39.2 Å². The van der Waals surface area contributed by atoms with Gasteiger partial charge in [-0.3, -0.25) is 9.59 Å². The molecule has 5 heteroatoms. The first-order valence-electron chi connectivity index (χ1n) is 5.39. The summed E-state index contributed by atoms with van der Waals surface area (Å²) >= 11 is 0. The van der Waals surface area contributed by atoms with Crippen molar-refractivity contribution in [1.29, 1.82) is 0 Å². The second-order valence-electron chi connectivity index (χ2n) is 4.75. The molecule has 1 heterocycles. The summed E-state index contributed by atoms with van der Waals surface area (Å²) in [5.74, 6) is 0.413. The molecule has 1 atom stereocenters. The molecule has 1 rings (SSSR count). The monoisotopic (exact) mass is 231 g/mol. The lowest BCUT2D eigenvalue weighted by Gasteiger charge is -2.20. The number of hydrogen-bond acceptors (Lipinski definition) is 4. The SMILES string of the molecule is CC(C)(C)OC(=O)C[C@@H]1CCNC1.O=CO. The molecule has 0 aliphatic carbocycles. The highest BCUT2D eigenvalue weighted by molar-refractivity contribution is 5.70. The zero-order valence-electron chi connectivity index (χ0n) is 10.2. The van der Waals surface area contributed by atoms with Gasteiger partial charge in [-0.25, -0.2) is 0 Å². The summed E-state index contributed by atoms with van der Waals surface area (Å²) in [5, 5.41) is 10.1. The van der Waals surface area contributed by atoms with Gasteiger partial charge in [-0.1, -0.05) is 0 Å². The van der Waals surface area contributed by atoms with Gasteiger partial charge >= 0.3 is 5.97 Å². The number of carboxylic acid groups (broad SMARTS) is 1. The van der Waals surface area contributed by atoms with E-state index >= 15 is 0 Å². The lowest BCUT2D eigenvalue weighted by atomic mass is 10.1. The molecule has 0 aromatic rings. The topological polar surface area (TPSA) is 75.6 Å². The van der Waals surface area contributed by atoms with E-state index in [1.54, 1.807) is 0 Å². The molecule has 0 unspecified atom stereocenters. The van der Waals surface area contributed by atoms with Gasteiger partial charge in [0.15, 0.2) is 0 Å². The van der Waals surface area contributed by atoms with Crippen molar-refractivity contribution < 1.29 is 19.4 Å². The van der Waals surface area contributed by atoms with Crippen LogP contribution in [0.2, 0.25) is 0 Å². The number of esters is 1. The minimum absolute atomic E-state index is 0.0683. The quantitative estimate of drug-likeness (QED) is 0.548. The minimum Gasteiger partial charge on any atom is -0.483 e. The molecule has 0 saturated carbocycles. The van der Waals surface area contributed by atoms with E-state index in [1.807, 2.05) is 20.8 Å². The maximum absolute atomic E-state index is 11.4. The molecule has 16 heavy (non-hydrogen) atoms. The van der Waals surface area contributed by atoms with Crippen LogP contribution in [-0.4, -0.2) is 36.2 Å². The van der Waals surface area contributed by atoms with E-state index in [2.05, 4.69) is 5.32 Å². The molecule has 0 aromatic heterocycles. The van der Waals surface area contributed by atoms with Crippen LogP contribution in [0, 0.1) is 5.92 Å². The Hall–Kier alpha value is -1.10.